The Labute approximate surface area is 89.4 Å². The van der Waals surface area contributed by atoms with Crippen LogP contribution in [0, 0.1) is 11.3 Å². The highest BCUT2D eigenvalue weighted by atomic mass is 16.4. The Morgan fingerprint density at radius 2 is 1.93 bits per heavy atom. The van der Waals surface area contributed by atoms with E-state index in [9.17, 15) is 9.59 Å². The standard InChI is InChI=1S/C11H17NO3/c1-4-8(10(14)15)12-9(13)7-5-11(2,3)6-7/h4,7H,5-6H2,1-3H3,(H,12,13)(H,14,15)/b8-4+. The molecule has 15 heavy (non-hydrogen) atoms. The van der Waals surface area contributed by atoms with Crippen molar-refractivity contribution >= 4 is 11.9 Å². The summed E-state index contributed by atoms with van der Waals surface area (Å²) in [5.74, 6) is -1.30. The lowest BCUT2D eigenvalue weighted by atomic mass is 9.64. The maximum Gasteiger partial charge on any atom is 0.352 e. The fraction of sp³-hybridized carbons (Fsp3) is 0.636. The molecule has 0 atom stereocenters. The molecule has 1 amide bonds. The van der Waals surface area contributed by atoms with E-state index in [0.717, 1.165) is 12.8 Å². The van der Waals surface area contributed by atoms with Crippen molar-refractivity contribution in [3.63, 3.8) is 0 Å². The highest BCUT2D eigenvalue weighted by Gasteiger charge is 2.40. The summed E-state index contributed by atoms with van der Waals surface area (Å²) in [6.45, 7) is 5.80. The van der Waals surface area contributed by atoms with Gasteiger partial charge in [0.2, 0.25) is 5.91 Å². The van der Waals surface area contributed by atoms with Crippen molar-refractivity contribution in [1.29, 1.82) is 0 Å². The first-order chi connectivity index (χ1) is 6.85. The number of carbonyl (C=O) groups is 2. The molecule has 0 aromatic rings. The maximum atomic E-state index is 11.6. The van der Waals surface area contributed by atoms with Gasteiger partial charge in [0.15, 0.2) is 0 Å². The van der Waals surface area contributed by atoms with Gasteiger partial charge in [0.05, 0.1) is 0 Å². The van der Waals surface area contributed by atoms with Crippen LogP contribution in [0.4, 0.5) is 0 Å². The van der Waals surface area contributed by atoms with Crippen LogP contribution in [-0.2, 0) is 9.59 Å². The lowest BCUT2D eigenvalue weighted by molar-refractivity contribution is -0.137. The average molecular weight is 211 g/mol. The van der Waals surface area contributed by atoms with Crippen molar-refractivity contribution in [3.05, 3.63) is 11.8 Å². The second kappa shape index (κ2) is 4.04. The highest BCUT2D eigenvalue weighted by Crippen LogP contribution is 2.44. The molecule has 1 rings (SSSR count). The van der Waals surface area contributed by atoms with Gasteiger partial charge in [-0.15, -0.1) is 0 Å². The van der Waals surface area contributed by atoms with Crippen LogP contribution in [0.5, 0.6) is 0 Å². The number of aliphatic carboxylic acids is 1. The zero-order valence-electron chi connectivity index (χ0n) is 9.33. The Bertz CT molecular complexity index is 310. The number of hydrogen-bond donors (Lipinski definition) is 2. The van der Waals surface area contributed by atoms with E-state index >= 15 is 0 Å². The summed E-state index contributed by atoms with van der Waals surface area (Å²) >= 11 is 0. The Balaban J connectivity index is 2.47. The van der Waals surface area contributed by atoms with Crippen LogP contribution in [0.1, 0.15) is 33.6 Å². The van der Waals surface area contributed by atoms with E-state index in [0.29, 0.717) is 0 Å². The van der Waals surface area contributed by atoms with E-state index in [-0.39, 0.29) is 22.9 Å². The van der Waals surface area contributed by atoms with E-state index in [1.165, 1.54) is 6.08 Å². The molecule has 84 valence electrons. The predicted molar refractivity (Wildman–Crippen MR) is 56.0 cm³/mol. The Hall–Kier alpha value is -1.32. The fourth-order valence-electron chi connectivity index (χ4n) is 1.94. The summed E-state index contributed by atoms with van der Waals surface area (Å²) in [5, 5.41) is 11.1. The van der Waals surface area contributed by atoms with Gasteiger partial charge in [0.1, 0.15) is 5.70 Å². The molecule has 0 aliphatic heterocycles. The first kappa shape index (κ1) is 11.8. The van der Waals surface area contributed by atoms with Crippen molar-refractivity contribution in [2.75, 3.05) is 0 Å². The summed E-state index contributed by atoms with van der Waals surface area (Å²) in [7, 11) is 0. The molecule has 0 radical (unpaired) electrons. The number of allylic oxidation sites excluding steroid dienone is 1. The van der Waals surface area contributed by atoms with E-state index in [1.54, 1.807) is 6.92 Å². The Morgan fingerprint density at radius 1 is 1.40 bits per heavy atom. The smallest absolute Gasteiger partial charge is 0.352 e. The van der Waals surface area contributed by atoms with Crippen LogP contribution in [-0.4, -0.2) is 17.0 Å². The van der Waals surface area contributed by atoms with Crippen LogP contribution >= 0.6 is 0 Å². The van der Waals surface area contributed by atoms with Crippen LogP contribution in [0.3, 0.4) is 0 Å². The minimum atomic E-state index is -1.09. The zero-order chi connectivity index (χ0) is 11.6. The maximum absolute atomic E-state index is 11.6. The molecule has 1 saturated carbocycles. The monoisotopic (exact) mass is 211 g/mol. The third-order valence-electron chi connectivity index (χ3n) is 2.75. The van der Waals surface area contributed by atoms with E-state index in [4.69, 9.17) is 5.11 Å². The molecule has 1 aliphatic carbocycles. The molecule has 0 spiro atoms. The molecular formula is C11H17NO3. The first-order valence-corrected chi connectivity index (χ1v) is 5.06. The van der Waals surface area contributed by atoms with Gasteiger partial charge in [0, 0.05) is 5.92 Å². The second-order valence-corrected chi connectivity index (χ2v) is 4.77. The van der Waals surface area contributed by atoms with E-state index < -0.39 is 5.97 Å². The second-order valence-electron chi connectivity index (χ2n) is 4.77. The Kier molecular flexibility index (Phi) is 3.17. The van der Waals surface area contributed by atoms with Crippen LogP contribution in [0.15, 0.2) is 11.8 Å². The van der Waals surface area contributed by atoms with Gasteiger partial charge >= 0.3 is 5.97 Å². The molecule has 1 aliphatic rings. The van der Waals surface area contributed by atoms with Gasteiger partial charge in [-0.05, 0) is 25.2 Å². The van der Waals surface area contributed by atoms with Gasteiger partial charge in [0.25, 0.3) is 0 Å². The number of carboxylic acid groups (broad SMARTS) is 1. The van der Waals surface area contributed by atoms with E-state index in [1.807, 2.05) is 0 Å². The Morgan fingerprint density at radius 3 is 2.27 bits per heavy atom. The summed E-state index contributed by atoms with van der Waals surface area (Å²) < 4.78 is 0. The van der Waals surface area contributed by atoms with Crippen LogP contribution < -0.4 is 5.32 Å². The largest absolute Gasteiger partial charge is 0.477 e. The van der Waals surface area contributed by atoms with Gasteiger partial charge in [-0.2, -0.15) is 0 Å². The molecule has 4 heteroatoms. The first-order valence-electron chi connectivity index (χ1n) is 5.06. The number of carbonyl (C=O) groups excluding carboxylic acids is 1. The topological polar surface area (TPSA) is 66.4 Å². The number of nitrogens with one attached hydrogen (secondary N) is 1. The highest BCUT2D eigenvalue weighted by molar-refractivity contribution is 5.93. The predicted octanol–water partition coefficient (Wildman–Crippen LogP) is 1.53. The van der Waals surface area contributed by atoms with Crippen molar-refractivity contribution in [1.82, 2.24) is 5.32 Å². The van der Waals surface area contributed by atoms with Crippen molar-refractivity contribution < 1.29 is 14.7 Å². The normalized spacial score (nSPS) is 20.6. The van der Waals surface area contributed by atoms with Crippen molar-refractivity contribution in [3.8, 4) is 0 Å². The number of hydrogen-bond acceptors (Lipinski definition) is 2. The van der Waals surface area contributed by atoms with Crippen molar-refractivity contribution in [2.24, 2.45) is 11.3 Å². The fourth-order valence-corrected chi connectivity index (χ4v) is 1.94. The van der Waals surface area contributed by atoms with Crippen molar-refractivity contribution in [2.45, 2.75) is 33.6 Å². The zero-order valence-corrected chi connectivity index (χ0v) is 9.33. The molecular weight excluding hydrogens is 194 g/mol. The van der Waals surface area contributed by atoms with Gasteiger partial charge in [-0.25, -0.2) is 4.79 Å². The molecule has 1 fully saturated rings. The number of rotatable bonds is 3. The molecule has 0 aromatic heterocycles. The molecule has 0 bridgehead atoms. The van der Waals surface area contributed by atoms with Crippen LogP contribution in [0.25, 0.3) is 0 Å². The molecule has 0 aromatic carbocycles. The summed E-state index contributed by atoms with van der Waals surface area (Å²) in [4.78, 5) is 22.2. The lowest BCUT2D eigenvalue weighted by Crippen LogP contribution is -2.43. The average Bonchev–Trinajstić information content (AvgIpc) is 2.09. The minimum Gasteiger partial charge on any atom is -0.477 e. The third kappa shape index (κ3) is 2.81. The quantitative estimate of drug-likeness (QED) is 0.696. The van der Waals surface area contributed by atoms with E-state index in [2.05, 4.69) is 19.2 Å². The summed E-state index contributed by atoms with van der Waals surface area (Å²) in [5.41, 5.74) is 0.186. The third-order valence-corrected chi connectivity index (χ3v) is 2.75. The van der Waals surface area contributed by atoms with Gasteiger partial charge < -0.3 is 10.4 Å². The number of amides is 1. The summed E-state index contributed by atoms with van der Waals surface area (Å²) in [6.07, 6.45) is 3.05. The minimum absolute atomic E-state index is 0.0331. The summed E-state index contributed by atoms with van der Waals surface area (Å²) in [6, 6.07) is 0. The van der Waals surface area contributed by atoms with Crippen LogP contribution in [0.2, 0.25) is 0 Å². The lowest BCUT2D eigenvalue weighted by Gasteiger charge is -2.41. The SMILES string of the molecule is C/C=C(/NC(=O)C1CC(C)(C)C1)C(=O)O. The molecule has 0 heterocycles. The van der Waals surface area contributed by atoms with Gasteiger partial charge in [-0.3, -0.25) is 4.79 Å². The molecule has 0 saturated heterocycles. The molecule has 2 N–H and O–H groups in total. The molecule has 0 unspecified atom stereocenters. The molecule has 4 nitrogen and oxygen atoms in total. The number of carboxylic acids is 1. The van der Waals surface area contributed by atoms with Gasteiger partial charge in [-0.1, -0.05) is 19.9 Å².